The number of hydrogen-bond acceptors (Lipinski definition) is 6. The number of ether oxygens (including phenoxy) is 1. The Labute approximate surface area is 123 Å². The lowest BCUT2D eigenvalue weighted by atomic mass is 10.2. The molecule has 4 rings (SSSR count). The lowest BCUT2D eigenvalue weighted by Crippen LogP contribution is -1.86. The monoisotopic (exact) mass is 295 g/mol. The van der Waals surface area contributed by atoms with Crippen molar-refractivity contribution < 1.29 is 4.74 Å². The Morgan fingerprint density at radius 2 is 1.90 bits per heavy atom. The molecule has 7 heteroatoms. The van der Waals surface area contributed by atoms with Crippen LogP contribution in [0.15, 0.2) is 55.2 Å². The zero-order valence-electron chi connectivity index (χ0n) is 10.7. The Morgan fingerprint density at radius 3 is 2.62 bits per heavy atom. The number of imidazole rings is 1. The van der Waals surface area contributed by atoms with E-state index in [0.717, 1.165) is 16.2 Å². The third kappa shape index (κ3) is 2.34. The third-order valence-corrected chi connectivity index (χ3v) is 3.62. The predicted molar refractivity (Wildman–Crippen MR) is 78.4 cm³/mol. The molecule has 0 saturated carbocycles. The van der Waals surface area contributed by atoms with E-state index in [1.807, 2.05) is 30.5 Å². The molecule has 0 aliphatic heterocycles. The molecule has 0 saturated heterocycles. The summed E-state index contributed by atoms with van der Waals surface area (Å²) in [5.41, 5.74) is 1.81. The summed E-state index contributed by atoms with van der Waals surface area (Å²) < 4.78 is 7.35. The second kappa shape index (κ2) is 4.95. The van der Waals surface area contributed by atoms with Crippen molar-refractivity contribution in [1.29, 1.82) is 0 Å². The van der Waals surface area contributed by atoms with Crippen molar-refractivity contribution in [3.8, 4) is 22.2 Å². The highest BCUT2D eigenvalue weighted by Crippen LogP contribution is 2.28. The predicted octanol–water partition coefficient (Wildman–Crippen LogP) is 3.04. The van der Waals surface area contributed by atoms with Crippen LogP contribution < -0.4 is 4.74 Å². The molecule has 102 valence electrons. The molecule has 0 aliphatic carbocycles. The number of pyridine rings is 2. The van der Waals surface area contributed by atoms with Gasteiger partial charge in [0.15, 0.2) is 0 Å². The van der Waals surface area contributed by atoms with Crippen molar-refractivity contribution in [2.45, 2.75) is 0 Å². The van der Waals surface area contributed by atoms with Crippen molar-refractivity contribution in [3.63, 3.8) is 0 Å². The minimum atomic E-state index is 0.531. The minimum absolute atomic E-state index is 0.531. The molecule has 0 fully saturated rings. The Hall–Kier alpha value is -2.80. The molecule has 0 aliphatic rings. The number of rotatable bonds is 3. The van der Waals surface area contributed by atoms with Crippen molar-refractivity contribution >= 4 is 16.3 Å². The molecule has 0 N–H and O–H groups in total. The fraction of sp³-hybridized carbons (Fsp3) is 0. The van der Waals surface area contributed by atoms with Gasteiger partial charge in [0.25, 0.3) is 5.19 Å². The summed E-state index contributed by atoms with van der Waals surface area (Å²) in [6, 6.07) is 7.49. The van der Waals surface area contributed by atoms with Crippen LogP contribution >= 0.6 is 11.3 Å². The van der Waals surface area contributed by atoms with Crippen LogP contribution in [0.25, 0.3) is 16.2 Å². The Morgan fingerprint density at radius 1 is 1.05 bits per heavy atom. The highest BCUT2D eigenvalue weighted by atomic mass is 32.1. The van der Waals surface area contributed by atoms with E-state index in [-0.39, 0.29) is 0 Å². The number of aromatic nitrogens is 5. The van der Waals surface area contributed by atoms with Crippen molar-refractivity contribution in [1.82, 2.24) is 24.6 Å². The summed E-state index contributed by atoms with van der Waals surface area (Å²) in [6.45, 7) is 0. The van der Waals surface area contributed by atoms with Gasteiger partial charge in [0.05, 0.1) is 18.1 Å². The van der Waals surface area contributed by atoms with E-state index in [4.69, 9.17) is 4.74 Å². The molecule has 0 bridgehead atoms. The maximum atomic E-state index is 5.64. The first-order valence-electron chi connectivity index (χ1n) is 6.23. The van der Waals surface area contributed by atoms with E-state index in [9.17, 15) is 0 Å². The number of hydrogen-bond donors (Lipinski definition) is 0. The Balaban J connectivity index is 1.65. The zero-order chi connectivity index (χ0) is 14.1. The smallest absolute Gasteiger partial charge is 0.299 e. The van der Waals surface area contributed by atoms with Gasteiger partial charge in [-0.3, -0.25) is 9.97 Å². The summed E-state index contributed by atoms with van der Waals surface area (Å²) in [7, 11) is 0. The van der Waals surface area contributed by atoms with Crippen molar-refractivity contribution in [3.05, 3.63) is 55.2 Å². The van der Waals surface area contributed by atoms with Crippen LogP contribution in [0.5, 0.6) is 10.9 Å². The van der Waals surface area contributed by atoms with E-state index in [1.54, 1.807) is 29.3 Å². The molecule has 21 heavy (non-hydrogen) atoms. The summed E-state index contributed by atoms with van der Waals surface area (Å²) in [4.78, 5) is 13.4. The molecule has 4 aromatic rings. The van der Waals surface area contributed by atoms with Crippen LogP contribution in [0.4, 0.5) is 0 Å². The third-order valence-electron chi connectivity index (χ3n) is 2.82. The highest BCUT2D eigenvalue weighted by molar-refractivity contribution is 7.18. The van der Waals surface area contributed by atoms with Crippen molar-refractivity contribution in [2.24, 2.45) is 0 Å². The van der Waals surface area contributed by atoms with Crippen LogP contribution in [0, 0.1) is 0 Å². The van der Waals surface area contributed by atoms with E-state index in [2.05, 4.69) is 20.1 Å². The van der Waals surface area contributed by atoms with Gasteiger partial charge < -0.3 is 4.74 Å². The van der Waals surface area contributed by atoms with Gasteiger partial charge >= 0.3 is 0 Å². The molecular weight excluding hydrogens is 286 g/mol. The molecular formula is C14H9N5OS. The van der Waals surface area contributed by atoms with Gasteiger partial charge in [-0.25, -0.2) is 9.50 Å². The lowest BCUT2D eigenvalue weighted by Gasteiger charge is -1.98. The quantitative estimate of drug-likeness (QED) is 0.581. The largest absolute Gasteiger partial charge is 0.428 e. The average molecular weight is 295 g/mol. The SMILES string of the molecule is c1cncc(Oc2nn3cc(-c4cccnc4)nc3s2)c1. The summed E-state index contributed by atoms with van der Waals surface area (Å²) in [6.07, 6.45) is 8.71. The van der Waals surface area contributed by atoms with Gasteiger partial charge in [0, 0.05) is 24.2 Å². The van der Waals surface area contributed by atoms with Crippen LogP contribution in [0.3, 0.4) is 0 Å². The molecule has 0 aromatic carbocycles. The van der Waals surface area contributed by atoms with Gasteiger partial charge in [-0.1, -0.05) is 0 Å². The number of fused-ring (bicyclic) bond motifs is 1. The molecule has 0 spiro atoms. The molecule has 4 heterocycles. The van der Waals surface area contributed by atoms with Gasteiger partial charge in [-0.15, -0.1) is 5.10 Å². The second-order valence-corrected chi connectivity index (χ2v) is 5.17. The van der Waals surface area contributed by atoms with Gasteiger partial charge in [-0.2, -0.15) is 0 Å². The standard InChI is InChI=1S/C14H9N5OS/c1-3-10(7-15-5-1)12-9-19-13(17-12)21-14(18-19)20-11-4-2-6-16-8-11/h1-9H. The van der Waals surface area contributed by atoms with Gasteiger partial charge in [0.2, 0.25) is 4.96 Å². The Kier molecular flexibility index (Phi) is 2.82. The summed E-state index contributed by atoms with van der Waals surface area (Å²) >= 11 is 1.38. The first-order chi connectivity index (χ1) is 10.4. The van der Waals surface area contributed by atoms with E-state index < -0.39 is 0 Å². The number of nitrogens with zero attached hydrogens (tertiary/aromatic N) is 5. The maximum absolute atomic E-state index is 5.64. The first kappa shape index (κ1) is 12.0. The van der Waals surface area contributed by atoms with E-state index >= 15 is 0 Å². The van der Waals surface area contributed by atoms with Gasteiger partial charge in [-0.05, 0) is 35.6 Å². The van der Waals surface area contributed by atoms with Crippen LogP contribution in [-0.2, 0) is 0 Å². The van der Waals surface area contributed by atoms with Crippen LogP contribution in [0.2, 0.25) is 0 Å². The minimum Gasteiger partial charge on any atom is -0.428 e. The zero-order valence-corrected chi connectivity index (χ0v) is 11.6. The maximum Gasteiger partial charge on any atom is 0.299 e. The summed E-state index contributed by atoms with van der Waals surface area (Å²) in [5, 5.41) is 4.89. The second-order valence-electron chi connectivity index (χ2n) is 4.25. The lowest BCUT2D eigenvalue weighted by molar-refractivity contribution is 0.468. The topological polar surface area (TPSA) is 65.2 Å². The fourth-order valence-electron chi connectivity index (χ4n) is 1.88. The molecule has 0 atom stereocenters. The van der Waals surface area contributed by atoms with Crippen molar-refractivity contribution in [2.75, 3.05) is 0 Å². The van der Waals surface area contributed by atoms with E-state index in [0.29, 0.717) is 10.9 Å². The van der Waals surface area contributed by atoms with Crippen LogP contribution in [0.1, 0.15) is 0 Å². The normalized spacial score (nSPS) is 10.9. The molecule has 0 radical (unpaired) electrons. The molecule has 6 nitrogen and oxygen atoms in total. The molecule has 0 amide bonds. The Bertz CT molecular complexity index is 841. The van der Waals surface area contributed by atoms with E-state index in [1.165, 1.54) is 11.3 Å². The fourth-order valence-corrected chi connectivity index (χ4v) is 2.64. The first-order valence-corrected chi connectivity index (χ1v) is 7.05. The average Bonchev–Trinajstić information content (AvgIpc) is 3.07. The molecule has 0 unspecified atom stereocenters. The molecule has 4 aromatic heterocycles. The highest BCUT2D eigenvalue weighted by Gasteiger charge is 2.11. The van der Waals surface area contributed by atoms with Gasteiger partial charge in [0.1, 0.15) is 5.75 Å². The van der Waals surface area contributed by atoms with Crippen LogP contribution in [-0.4, -0.2) is 24.6 Å². The summed E-state index contributed by atoms with van der Waals surface area (Å²) in [5.74, 6) is 0.655.